The summed E-state index contributed by atoms with van der Waals surface area (Å²) in [4.78, 5) is 26.1. The first-order valence-corrected chi connectivity index (χ1v) is 7.41. The van der Waals surface area contributed by atoms with Crippen LogP contribution in [0.1, 0.15) is 46.5 Å². The van der Waals surface area contributed by atoms with E-state index >= 15 is 0 Å². The third kappa shape index (κ3) is 3.07. The van der Waals surface area contributed by atoms with Crippen LogP contribution in [-0.2, 0) is 14.3 Å². The van der Waals surface area contributed by atoms with Crippen molar-refractivity contribution in [2.24, 2.45) is 11.8 Å². The van der Waals surface area contributed by atoms with Crippen LogP contribution in [0.5, 0.6) is 0 Å². The van der Waals surface area contributed by atoms with Gasteiger partial charge in [0, 0.05) is 12.6 Å². The molecule has 0 aromatic carbocycles. The second-order valence-corrected chi connectivity index (χ2v) is 6.77. The Labute approximate surface area is 120 Å². The van der Waals surface area contributed by atoms with Crippen LogP contribution in [0.25, 0.3) is 0 Å². The van der Waals surface area contributed by atoms with Gasteiger partial charge in [0.1, 0.15) is 5.60 Å². The molecular formula is C15H25NO4. The van der Waals surface area contributed by atoms with Crippen molar-refractivity contribution in [1.29, 1.82) is 0 Å². The number of hydrogen-bond acceptors (Lipinski definition) is 4. The van der Waals surface area contributed by atoms with Gasteiger partial charge in [-0.3, -0.25) is 4.79 Å². The summed E-state index contributed by atoms with van der Waals surface area (Å²) >= 11 is 0. The largest absolute Gasteiger partial charge is 0.469 e. The smallest absolute Gasteiger partial charge is 0.410 e. The summed E-state index contributed by atoms with van der Waals surface area (Å²) < 4.78 is 10.4. The molecule has 0 aromatic rings. The van der Waals surface area contributed by atoms with Gasteiger partial charge < -0.3 is 14.4 Å². The molecule has 2 rings (SSSR count). The molecule has 1 aliphatic carbocycles. The number of fused-ring (bicyclic) bond motifs is 2. The Morgan fingerprint density at radius 1 is 1.15 bits per heavy atom. The molecular weight excluding hydrogens is 258 g/mol. The topological polar surface area (TPSA) is 55.8 Å². The zero-order valence-corrected chi connectivity index (χ0v) is 12.8. The average Bonchev–Trinajstić information content (AvgIpc) is 2.34. The molecule has 3 atom stereocenters. The van der Waals surface area contributed by atoms with Crippen LogP contribution in [-0.4, -0.2) is 42.3 Å². The number of amides is 1. The SMILES string of the molecule is COC(=O)[C@@H]1[C@@H]2CCC[C@H]1N(C(=O)OC(C)(C)C)CC2. The lowest BCUT2D eigenvalue weighted by Gasteiger charge is -2.47. The lowest BCUT2D eigenvalue weighted by atomic mass is 9.71. The van der Waals surface area contributed by atoms with Crippen molar-refractivity contribution in [2.45, 2.75) is 58.1 Å². The molecule has 1 amide bonds. The van der Waals surface area contributed by atoms with Crippen LogP contribution >= 0.6 is 0 Å². The van der Waals surface area contributed by atoms with Gasteiger partial charge in [-0.1, -0.05) is 6.42 Å². The first-order chi connectivity index (χ1) is 9.33. The lowest BCUT2D eigenvalue weighted by molar-refractivity contribution is -0.154. The van der Waals surface area contributed by atoms with Crippen molar-refractivity contribution in [3.8, 4) is 0 Å². The van der Waals surface area contributed by atoms with Crippen LogP contribution in [0.15, 0.2) is 0 Å². The summed E-state index contributed by atoms with van der Waals surface area (Å²) in [5.74, 6) is -0.0251. The number of methoxy groups -OCH3 is 1. The van der Waals surface area contributed by atoms with E-state index in [9.17, 15) is 9.59 Å². The first-order valence-electron chi connectivity index (χ1n) is 7.41. The fourth-order valence-electron chi connectivity index (χ4n) is 3.44. The Kier molecular flexibility index (Phi) is 4.25. The van der Waals surface area contributed by atoms with E-state index in [1.165, 1.54) is 7.11 Å². The summed E-state index contributed by atoms with van der Waals surface area (Å²) in [6.45, 7) is 6.25. The minimum absolute atomic E-state index is 0.0650. The Hall–Kier alpha value is -1.26. The molecule has 2 fully saturated rings. The van der Waals surface area contributed by atoms with E-state index in [-0.39, 0.29) is 24.0 Å². The third-order valence-corrected chi connectivity index (χ3v) is 4.24. The molecule has 2 aliphatic rings. The number of carbonyl (C=O) groups excluding carboxylic acids is 2. The zero-order valence-electron chi connectivity index (χ0n) is 12.8. The number of rotatable bonds is 1. The number of carbonyl (C=O) groups is 2. The highest BCUT2D eigenvalue weighted by atomic mass is 16.6. The Morgan fingerprint density at radius 2 is 1.85 bits per heavy atom. The predicted octanol–water partition coefficient (Wildman–Crippen LogP) is 2.59. The minimum atomic E-state index is -0.511. The first kappa shape index (κ1) is 15.1. The summed E-state index contributed by atoms with van der Waals surface area (Å²) in [5.41, 5.74) is -0.511. The molecule has 5 heteroatoms. The van der Waals surface area contributed by atoms with Gasteiger partial charge in [-0.15, -0.1) is 0 Å². The zero-order chi connectivity index (χ0) is 14.9. The van der Waals surface area contributed by atoms with Gasteiger partial charge >= 0.3 is 12.1 Å². The molecule has 5 nitrogen and oxygen atoms in total. The van der Waals surface area contributed by atoms with Gasteiger partial charge in [0.2, 0.25) is 0 Å². The average molecular weight is 283 g/mol. The van der Waals surface area contributed by atoms with Crippen molar-refractivity contribution < 1.29 is 19.1 Å². The van der Waals surface area contributed by atoms with Gasteiger partial charge in [-0.05, 0) is 46.0 Å². The summed E-state index contributed by atoms with van der Waals surface area (Å²) in [6, 6.07) is -0.0650. The number of esters is 1. The van der Waals surface area contributed by atoms with Crippen molar-refractivity contribution in [2.75, 3.05) is 13.7 Å². The maximum absolute atomic E-state index is 12.3. The second kappa shape index (κ2) is 5.62. The molecule has 1 saturated carbocycles. The maximum atomic E-state index is 12.3. The molecule has 20 heavy (non-hydrogen) atoms. The number of ether oxygens (including phenoxy) is 2. The molecule has 0 radical (unpaired) electrons. The van der Waals surface area contributed by atoms with E-state index in [1.54, 1.807) is 4.90 Å². The Morgan fingerprint density at radius 3 is 2.45 bits per heavy atom. The monoisotopic (exact) mass is 283 g/mol. The van der Waals surface area contributed by atoms with E-state index < -0.39 is 5.60 Å². The number of nitrogens with zero attached hydrogens (tertiary/aromatic N) is 1. The number of likely N-dealkylation sites (tertiary alicyclic amines) is 1. The van der Waals surface area contributed by atoms with E-state index in [0.29, 0.717) is 12.5 Å². The van der Waals surface area contributed by atoms with Crippen molar-refractivity contribution in [3.63, 3.8) is 0 Å². The van der Waals surface area contributed by atoms with Crippen LogP contribution in [0.3, 0.4) is 0 Å². The lowest BCUT2D eigenvalue weighted by Crippen LogP contribution is -2.57. The Balaban J connectivity index is 2.15. The van der Waals surface area contributed by atoms with Crippen LogP contribution < -0.4 is 0 Å². The number of hydrogen-bond donors (Lipinski definition) is 0. The van der Waals surface area contributed by atoms with Crippen LogP contribution in [0.2, 0.25) is 0 Å². The molecule has 0 aromatic heterocycles. The highest BCUT2D eigenvalue weighted by molar-refractivity contribution is 5.76. The van der Waals surface area contributed by atoms with Crippen molar-refractivity contribution >= 4 is 12.1 Å². The normalized spacial score (nSPS) is 29.8. The molecule has 0 N–H and O–H groups in total. The summed E-state index contributed by atoms with van der Waals surface area (Å²) in [7, 11) is 1.42. The van der Waals surface area contributed by atoms with Crippen molar-refractivity contribution in [3.05, 3.63) is 0 Å². The highest BCUT2D eigenvalue weighted by Gasteiger charge is 2.47. The van der Waals surface area contributed by atoms with E-state index in [1.807, 2.05) is 20.8 Å². The summed E-state index contributed by atoms with van der Waals surface area (Å²) in [6.07, 6.45) is 3.52. The second-order valence-electron chi connectivity index (χ2n) is 6.77. The molecule has 114 valence electrons. The van der Waals surface area contributed by atoms with Gasteiger partial charge in [0.15, 0.2) is 0 Å². The highest BCUT2D eigenvalue weighted by Crippen LogP contribution is 2.40. The molecule has 0 spiro atoms. The maximum Gasteiger partial charge on any atom is 0.410 e. The van der Waals surface area contributed by atoms with Gasteiger partial charge in [-0.25, -0.2) is 4.79 Å². The quantitative estimate of drug-likeness (QED) is 0.694. The minimum Gasteiger partial charge on any atom is -0.469 e. The molecule has 0 unspecified atom stereocenters. The predicted molar refractivity (Wildman–Crippen MR) is 74.2 cm³/mol. The Bertz CT molecular complexity index is 388. The molecule has 2 bridgehead atoms. The molecule has 1 aliphatic heterocycles. The fourth-order valence-corrected chi connectivity index (χ4v) is 3.44. The van der Waals surface area contributed by atoms with E-state index in [4.69, 9.17) is 9.47 Å². The number of piperidine rings is 1. The van der Waals surface area contributed by atoms with E-state index in [2.05, 4.69) is 0 Å². The summed E-state index contributed by atoms with van der Waals surface area (Å²) in [5, 5.41) is 0. The van der Waals surface area contributed by atoms with Gasteiger partial charge in [0.05, 0.1) is 13.0 Å². The molecule has 1 saturated heterocycles. The fraction of sp³-hybridized carbons (Fsp3) is 0.867. The van der Waals surface area contributed by atoms with Crippen molar-refractivity contribution in [1.82, 2.24) is 4.90 Å². The van der Waals surface area contributed by atoms with Gasteiger partial charge in [0.25, 0.3) is 0 Å². The molecule has 1 heterocycles. The van der Waals surface area contributed by atoms with Crippen LogP contribution in [0, 0.1) is 11.8 Å². The van der Waals surface area contributed by atoms with E-state index in [0.717, 1.165) is 25.7 Å². The van der Waals surface area contributed by atoms with Crippen LogP contribution in [0.4, 0.5) is 4.79 Å². The standard InChI is InChI=1S/C15H25NO4/c1-15(2,3)20-14(18)16-9-8-10-6-5-7-11(16)12(10)13(17)19-4/h10-12H,5-9H2,1-4H3/t10-,11-,12-/m1/s1. The van der Waals surface area contributed by atoms with Gasteiger partial charge in [-0.2, -0.15) is 0 Å². The third-order valence-electron chi connectivity index (χ3n) is 4.24.